The second-order valence-electron chi connectivity index (χ2n) is 4.76. The number of carbonyl (C=O) groups excluding carboxylic acids is 3. The molecule has 7 heteroatoms. The summed E-state index contributed by atoms with van der Waals surface area (Å²) < 4.78 is 9.70. The van der Waals surface area contributed by atoms with Gasteiger partial charge in [0, 0.05) is 18.8 Å². The van der Waals surface area contributed by atoms with Crippen molar-refractivity contribution in [2.24, 2.45) is 0 Å². The summed E-state index contributed by atoms with van der Waals surface area (Å²) in [6, 6.07) is 0. The van der Waals surface area contributed by atoms with Crippen LogP contribution in [0.4, 0.5) is 0 Å². The zero-order valence-corrected chi connectivity index (χ0v) is 13.6. The zero-order chi connectivity index (χ0) is 16.9. The summed E-state index contributed by atoms with van der Waals surface area (Å²) in [6.07, 6.45) is 0. The number of H-pyrrole nitrogens is 1. The van der Waals surface area contributed by atoms with Gasteiger partial charge < -0.3 is 19.4 Å². The monoisotopic (exact) mass is 310 g/mol. The van der Waals surface area contributed by atoms with E-state index in [1.807, 2.05) is 13.8 Å². The molecule has 0 bridgehead atoms. The van der Waals surface area contributed by atoms with Gasteiger partial charge in [-0.25, -0.2) is 9.59 Å². The highest BCUT2D eigenvalue weighted by Crippen LogP contribution is 2.19. The fraction of sp³-hybridized carbons (Fsp3) is 0.533. The molecule has 0 aliphatic heterocycles. The van der Waals surface area contributed by atoms with Crippen molar-refractivity contribution >= 4 is 17.8 Å². The highest BCUT2D eigenvalue weighted by atomic mass is 16.5. The molecule has 0 aliphatic rings. The van der Waals surface area contributed by atoms with Crippen molar-refractivity contribution in [3.8, 4) is 0 Å². The van der Waals surface area contributed by atoms with Crippen molar-refractivity contribution in [1.29, 1.82) is 0 Å². The molecule has 122 valence electrons. The highest BCUT2D eigenvalue weighted by molar-refractivity contribution is 5.99. The molecule has 1 rings (SSSR count). The van der Waals surface area contributed by atoms with Gasteiger partial charge in [0.25, 0.3) is 5.91 Å². The number of aromatic amines is 1. The van der Waals surface area contributed by atoms with Crippen molar-refractivity contribution in [2.75, 3.05) is 26.8 Å². The fourth-order valence-corrected chi connectivity index (χ4v) is 2.23. The van der Waals surface area contributed by atoms with Crippen LogP contribution in [0.2, 0.25) is 0 Å². The summed E-state index contributed by atoms with van der Waals surface area (Å²) >= 11 is 0. The number of nitrogens with zero attached hydrogens (tertiary/aromatic N) is 1. The quantitative estimate of drug-likeness (QED) is 0.803. The molecule has 1 N–H and O–H groups in total. The fourth-order valence-electron chi connectivity index (χ4n) is 2.23. The first-order valence-corrected chi connectivity index (χ1v) is 7.09. The van der Waals surface area contributed by atoms with Crippen LogP contribution in [-0.4, -0.2) is 54.5 Å². The van der Waals surface area contributed by atoms with E-state index in [2.05, 4.69) is 9.72 Å². The summed E-state index contributed by atoms with van der Waals surface area (Å²) in [4.78, 5) is 39.9. The molecule has 1 aromatic rings. The van der Waals surface area contributed by atoms with Gasteiger partial charge in [-0.05, 0) is 33.3 Å². The molecular formula is C15H22N2O5. The molecule has 0 fully saturated rings. The Hall–Kier alpha value is -2.31. The maximum Gasteiger partial charge on any atom is 0.355 e. The SMILES string of the molecule is CCN(CC)C(=O)COC(=O)c1[nH]c(C)c(C(=O)OC)c1C. The third kappa shape index (κ3) is 3.66. The first-order chi connectivity index (χ1) is 10.4. The molecule has 0 unspecified atom stereocenters. The van der Waals surface area contributed by atoms with E-state index in [4.69, 9.17) is 4.74 Å². The Morgan fingerprint density at radius 3 is 2.18 bits per heavy atom. The van der Waals surface area contributed by atoms with E-state index < -0.39 is 11.9 Å². The lowest BCUT2D eigenvalue weighted by molar-refractivity contribution is -0.134. The smallest absolute Gasteiger partial charge is 0.355 e. The minimum atomic E-state index is -0.670. The van der Waals surface area contributed by atoms with Crippen LogP contribution in [0, 0.1) is 13.8 Å². The van der Waals surface area contributed by atoms with Crippen molar-refractivity contribution < 1.29 is 23.9 Å². The number of esters is 2. The Balaban J connectivity index is 2.83. The van der Waals surface area contributed by atoms with E-state index in [-0.39, 0.29) is 18.2 Å². The average molecular weight is 310 g/mol. The number of hydrogen-bond acceptors (Lipinski definition) is 5. The predicted molar refractivity (Wildman–Crippen MR) is 79.8 cm³/mol. The second-order valence-corrected chi connectivity index (χ2v) is 4.76. The minimum absolute atomic E-state index is 0.158. The largest absolute Gasteiger partial charge is 0.465 e. The molecule has 1 amide bonds. The lowest BCUT2D eigenvalue weighted by Crippen LogP contribution is -2.34. The van der Waals surface area contributed by atoms with Crippen molar-refractivity contribution in [3.63, 3.8) is 0 Å². The van der Waals surface area contributed by atoms with Gasteiger partial charge in [-0.1, -0.05) is 0 Å². The molecule has 0 aromatic carbocycles. The average Bonchev–Trinajstić information content (AvgIpc) is 2.80. The van der Waals surface area contributed by atoms with Crippen molar-refractivity contribution in [2.45, 2.75) is 27.7 Å². The maximum atomic E-state index is 12.1. The predicted octanol–water partition coefficient (Wildman–Crippen LogP) is 1.44. The molecule has 22 heavy (non-hydrogen) atoms. The molecular weight excluding hydrogens is 288 g/mol. The number of amides is 1. The Morgan fingerprint density at radius 1 is 1.09 bits per heavy atom. The van der Waals surface area contributed by atoms with Crippen LogP contribution in [0.1, 0.15) is 46.0 Å². The van der Waals surface area contributed by atoms with E-state index in [9.17, 15) is 14.4 Å². The number of carbonyl (C=O) groups is 3. The number of hydrogen-bond donors (Lipinski definition) is 1. The van der Waals surface area contributed by atoms with Gasteiger partial charge in [0.15, 0.2) is 6.61 Å². The topological polar surface area (TPSA) is 88.7 Å². The highest BCUT2D eigenvalue weighted by Gasteiger charge is 2.24. The number of rotatable bonds is 6. The van der Waals surface area contributed by atoms with Gasteiger partial charge in [0.2, 0.25) is 0 Å². The summed E-state index contributed by atoms with van der Waals surface area (Å²) in [5.41, 5.74) is 1.44. The first kappa shape index (κ1) is 17.7. The maximum absolute atomic E-state index is 12.1. The van der Waals surface area contributed by atoms with E-state index in [1.54, 1.807) is 18.7 Å². The van der Waals surface area contributed by atoms with E-state index >= 15 is 0 Å². The van der Waals surface area contributed by atoms with E-state index in [1.165, 1.54) is 7.11 Å². The molecule has 0 radical (unpaired) electrons. The van der Waals surface area contributed by atoms with Crippen LogP contribution in [0.25, 0.3) is 0 Å². The van der Waals surface area contributed by atoms with Gasteiger partial charge in [-0.3, -0.25) is 4.79 Å². The summed E-state index contributed by atoms with van der Waals surface area (Å²) in [7, 11) is 1.27. The van der Waals surface area contributed by atoms with E-state index in [0.717, 1.165) is 0 Å². The lowest BCUT2D eigenvalue weighted by Gasteiger charge is -2.18. The number of aryl methyl sites for hydroxylation is 1. The van der Waals surface area contributed by atoms with Crippen LogP contribution < -0.4 is 0 Å². The van der Waals surface area contributed by atoms with Gasteiger partial charge in [-0.15, -0.1) is 0 Å². The number of aromatic nitrogens is 1. The molecule has 0 aliphatic carbocycles. The normalized spacial score (nSPS) is 10.2. The Labute approximate surface area is 129 Å². The van der Waals surface area contributed by atoms with Crippen LogP contribution in [0.5, 0.6) is 0 Å². The number of methoxy groups -OCH3 is 1. The van der Waals surface area contributed by atoms with Crippen LogP contribution in [0.3, 0.4) is 0 Å². The van der Waals surface area contributed by atoms with Crippen LogP contribution in [0.15, 0.2) is 0 Å². The van der Waals surface area contributed by atoms with Gasteiger partial charge in [-0.2, -0.15) is 0 Å². The third-order valence-corrected chi connectivity index (χ3v) is 3.47. The molecule has 0 saturated heterocycles. The van der Waals surface area contributed by atoms with Gasteiger partial charge >= 0.3 is 11.9 Å². The molecule has 0 spiro atoms. The van der Waals surface area contributed by atoms with Crippen molar-refractivity contribution in [1.82, 2.24) is 9.88 Å². The zero-order valence-electron chi connectivity index (χ0n) is 13.6. The van der Waals surface area contributed by atoms with Crippen molar-refractivity contribution in [3.05, 3.63) is 22.5 Å². The number of likely N-dealkylation sites (N-methyl/N-ethyl adjacent to an activating group) is 1. The first-order valence-electron chi connectivity index (χ1n) is 7.09. The number of ether oxygens (including phenoxy) is 2. The van der Waals surface area contributed by atoms with Crippen LogP contribution >= 0.6 is 0 Å². The minimum Gasteiger partial charge on any atom is -0.465 e. The Morgan fingerprint density at radius 2 is 1.68 bits per heavy atom. The summed E-state index contributed by atoms with van der Waals surface area (Å²) in [5.74, 6) is -1.45. The lowest BCUT2D eigenvalue weighted by atomic mass is 10.1. The second kappa shape index (κ2) is 7.63. The third-order valence-electron chi connectivity index (χ3n) is 3.47. The number of nitrogens with one attached hydrogen (secondary N) is 1. The van der Waals surface area contributed by atoms with Gasteiger partial charge in [0.1, 0.15) is 5.69 Å². The summed E-state index contributed by atoms with van der Waals surface area (Å²) in [6.45, 7) is 7.77. The van der Waals surface area contributed by atoms with Crippen LogP contribution in [-0.2, 0) is 14.3 Å². The van der Waals surface area contributed by atoms with E-state index in [0.29, 0.717) is 29.9 Å². The standard InChI is InChI=1S/C15H22N2O5/c1-6-17(7-2)11(18)8-22-15(20)13-9(3)12(10(4)16-13)14(19)21-5/h16H,6-8H2,1-5H3. The van der Waals surface area contributed by atoms with Gasteiger partial charge in [0.05, 0.1) is 12.7 Å². The molecule has 0 atom stereocenters. The molecule has 7 nitrogen and oxygen atoms in total. The Bertz CT molecular complexity index is 573. The Kier molecular flexibility index (Phi) is 6.15. The molecule has 1 heterocycles. The molecule has 0 saturated carbocycles. The summed E-state index contributed by atoms with van der Waals surface area (Å²) in [5, 5.41) is 0. The molecule has 1 aromatic heterocycles.